The fourth-order valence-corrected chi connectivity index (χ4v) is 1.64. The van der Waals surface area contributed by atoms with Gasteiger partial charge in [0.2, 0.25) is 0 Å². The first kappa shape index (κ1) is 13.4. The van der Waals surface area contributed by atoms with Crippen LogP contribution in [0.5, 0.6) is 0 Å². The van der Waals surface area contributed by atoms with Crippen LogP contribution in [0.4, 0.5) is 0 Å². The molecular formula is C16H20O. The number of benzene rings is 1. The topological polar surface area (TPSA) is 17.1 Å². The fourth-order valence-electron chi connectivity index (χ4n) is 1.64. The summed E-state index contributed by atoms with van der Waals surface area (Å²) in [6.45, 7) is 4.07. The number of Topliss-reactive ketones (excluding diaryl/α,β-unsaturated/α-hetero) is 1. The molecule has 90 valence electrons. The number of rotatable bonds is 6. The first-order valence-corrected chi connectivity index (χ1v) is 6.13. The molecule has 0 unspecified atom stereocenters. The van der Waals surface area contributed by atoms with Crippen LogP contribution < -0.4 is 0 Å². The number of carbonyl (C=O) groups excluding carboxylic acids is 1. The van der Waals surface area contributed by atoms with Crippen LogP contribution in [0.2, 0.25) is 0 Å². The van der Waals surface area contributed by atoms with E-state index in [9.17, 15) is 4.79 Å². The molecule has 0 aromatic heterocycles. The number of carbonyl (C=O) groups is 1. The fraction of sp³-hybridized carbons (Fsp3) is 0.312. The Bertz CT molecular complexity index is 399. The number of hydrogen-bond acceptors (Lipinski definition) is 1. The molecule has 0 spiro atoms. The van der Waals surface area contributed by atoms with Crippen LogP contribution in [0.25, 0.3) is 0 Å². The molecule has 1 nitrogen and oxygen atoms in total. The van der Waals surface area contributed by atoms with Crippen molar-refractivity contribution in [1.29, 1.82) is 0 Å². The lowest BCUT2D eigenvalue weighted by Crippen LogP contribution is -2.03. The van der Waals surface area contributed by atoms with E-state index in [0.29, 0.717) is 12.8 Å². The highest BCUT2D eigenvalue weighted by Crippen LogP contribution is 2.09. The molecular weight excluding hydrogens is 208 g/mol. The normalized spacial score (nSPS) is 12.0. The van der Waals surface area contributed by atoms with Gasteiger partial charge in [0.25, 0.3) is 0 Å². The number of allylic oxidation sites excluding steroid dienone is 4. The lowest BCUT2D eigenvalue weighted by Gasteiger charge is -2.02. The molecule has 0 aliphatic rings. The Hall–Kier alpha value is -1.63. The Kier molecular flexibility index (Phi) is 6.02. The number of hydrogen-bond donors (Lipinski definition) is 0. The second kappa shape index (κ2) is 7.61. The summed E-state index contributed by atoms with van der Waals surface area (Å²) in [4.78, 5) is 11.9. The predicted molar refractivity (Wildman–Crippen MR) is 73.0 cm³/mol. The van der Waals surface area contributed by atoms with Gasteiger partial charge in [0.15, 0.2) is 0 Å². The van der Waals surface area contributed by atoms with Crippen LogP contribution in [0.3, 0.4) is 0 Å². The molecule has 1 rings (SSSR count). The van der Waals surface area contributed by atoms with Crippen molar-refractivity contribution in [1.82, 2.24) is 0 Å². The van der Waals surface area contributed by atoms with Crippen LogP contribution in [0, 0.1) is 0 Å². The quantitative estimate of drug-likeness (QED) is 0.670. The zero-order chi connectivity index (χ0) is 12.5. The van der Waals surface area contributed by atoms with E-state index < -0.39 is 0 Å². The third kappa shape index (κ3) is 5.30. The van der Waals surface area contributed by atoms with Gasteiger partial charge in [-0.25, -0.2) is 0 Å². The molecule has 0 aliphatic heterocycles. The Labute approximate surface area is 104 Å². The van der Waals surface area contributed by atoms with Crippen LogP contribution >= 0.6 is 0 Å². The summed E-state index contributed by atoms with van der Waals surface area (Å²) < 4.78 is 0. The van der Waals surface area contributed by atoms with Crippen LogP contribution in [-0.2, 0) is 11.2 Å². The summed E-state index contributed by atoms with van der Waals surface area (Å²) in [5, 5.41) is 0. The van der Waals surface area contributed by atoms with Crippen molar-refractivity contribution in [3.8, 4) is 0 Å². The van der Waals surface area contributed by atoms with E-state index in [1.165, 1.54) is 0 Å². The molecule has 1 heteroatoms. The van der Waals surface area contributed by atoms with Gasteiger partial charge in [-0.15, -0.1) is 0 Å². The van der Waals surface area contributed by atoms with E-state index in [4.69, 9.17) is 0 Å². The van der Waals surface area contributed by atoms with Gasteiger partial charge in [0, 0.05) is 12.8 Å². The first-order chi connectivity index (χ1) is 8.26. The molecule has 0 atom stereocenters. The summed E-state index contributed by atoms with van der Waals surface area (Å²) >= 11 is 0. The van der Waals surface area contributed by atoms with Crippen molar-refractivity contribution < 1.29 is 4.79 Å². The Morgan fingerprint density at radius 2 is 1.94 bits per heavy atom. The molecule has 0 N–H and O–H groups in total. The van der Waals surface area contributed by atoms with Crippen molar-refractivity contribution in [3.63, 3.8) is 0 Å². The van der Waals surface area contributed by atoms with Crippen LogP contribution in [-0.4, -0.2) is 5.78 Å². The van der Waals surface area contributed by atoms with E-state index in [0.717, 1.165) is 17.6 Å². The van der Waals surface area contributed by atoms with E-state index in [-0.39, 0.29) is 5.78 Å². The van der Waals surface area contributed by atoms with E-state index >= 15 is 0 Å². The maximum Gasteiger partial charge on any atom is 0.141 e. The van der Waals surface area contributed by atoms with Gasteiger partial charge in [-0.05, 0) is 24.5 Å². The highest BCUT2D eigenvalue weighted by atomic mass is 16.1. The highest BCUT2D eigenvalue weighted by molar-refractivity contribution is 5.83. The van der Waals surface area contributed by atoms with Gasteiger partial charge in [0.1, 0.15) is 5.78 Å². The van der Waals surface area contributed by atoms with Crippen molar-refractivity contribution in [2.24, 2.45) is 0 Å². The highest BCUT2D eigenvalue weighted by Gasteiger charge is 2.04. The van der Waals surface area contributed by atoms with Gasteiger partial charge in [-0.1, -0.05) is 55.5 Å². The number of ketones is 1. The Morgan fingerprint density at radius 3 is 2.53 bits per heavy atom. The zero-order valence-corrected chi connectivity index (χ0v) is 10.6. The molecule has 0 saturated heterocycles. The maximum absolute atomic E-state index is 11.9. The monoisotopic (exact) mass is 228 g/mol. The average Bonchev–Trinajstić information content (AvgIpc) is 2.35. The molecule has 0 fully saturated rings. The van der Waals surface area contributed by atoms with Gasteiger partial charge in [0.05, 0.1) is 0 Å². The minimum atomic E-state index is 0.269. The molecule has 0 heterocycles. The largest absolute Gasteiger partial charge is 0.299 e. The molecule has 0 saturated carbocycles. The second-order valence-corrected chi connectivity index (χ2v) is 4.05. The SMILES string of the molecule is C/C=C(\C=C/CC)CC(=O)Cc1ccccc1. The molecule has 0 amide bonds. The lowest BCUT2D eigenvalue weighted by atomic mass is 10.0. The summed E-state index contributed by atoms with van der Waals surface area (Å²) in [5.74, 6) is 0.269. The summed E-state index contributed by atoms with van der Waals surface area (Å²) in [6, 6.07) is 9.89. The van der Waals surface area contributed by atoms with E-state index in [1.807, 2.05) is 49.4 Å². The summed E-state index contributed by atoms with van der Waals surface area (Å²) in [5.41, 5.74) is 2.19. The van der Waals surface area contributed by atoms with Crippen molar-refractivity contribution >= 4 is 5.78 Å². The second-order valence-electron chi connectivity index (χ2n) is 4.05. The third-order valence-electron chi connectivity index (χ3n) is 2.58. The van der Waals surface area contributed by atoms with E-state index in [2.05, 4.69) is 13.0 Å². The minimum Gasteiger partial charge on any atom is -0.299 e. The minimum absolute atomic E-state index is 0.269. The van der Waals surface area contributed by atoms with Crippen LogP contribution in [0.15, 0.2) is 54.1 Å². The Morgan fingerprint density at radius 1 is 1.24 bits per heavy atom. The van der Waals surface area contributed by atoms with Crippen molar-refractivity contribution in [3.05, 3.63) is 59.7 Å². The Balaban J connectivity index is 2.52. The first-order valence-electron chi connectivity index (χ1n) is 6.13. The predicted octanol–water partition coefficient (Wildman–Crippen LogP) is 4.10. The van der Waals surface area contributed by atoms with Crippen molar-refractivity contribution in [2.45, 2.75) is 33.1 Å². The molecule has 0 aliphatic carbocycles. The van der Waals surface area contributed by atoms with Gasteiger partial charge in [-0.2, -0.15) is 0 Å². The molecule has 17 heavy (non-hydrogen) atoms. The van der Waals surface area contributed by atoms with Gasteiger partial charge >= 0.3 is 0 Å². The lowest BCUT2D eigenvalue weighted by molar-refractivity contribution is -0.117. The summed E-state index contributed by atoms with van der Waals surface area (Å²) in [6.07, 6.45) is 8.20. The molecule has 0 radical (unpaired) electrons. The van der Waals surface area contributed by atoms with E-state index in [1.54, 1.807) is 0 Å². The molecule has 1 aromatic carbocycles. The molecule has 1 aromatic rings. The third-order valence-corrected chi connectivity index (χ3v) is 2.58. The average molecular weight is 228 g/mol. The maximum atomic E-state index is 11.9. The standard InChI is InChI=1S/C16H20O/c1-3-5-9-14(4-2)12-16(17)13-15-10-7-6-8-11-15/h4-11H,3,12-13H2,1-2H3/b9-5-,14-4+. The van der Waals surface area contributed by atoms with Gasteiger partial charge < -0.3 is 0 Å². The van der Waals surface area contributed by atoms with Crippen molar-refractivity contribution in [2.75, 3.05) is 0 Å². The van der Waals surface area contributed by atoms with Crippen LogP contribution in [0.1, 0.15) is 32.3 Å². The summed E-state index contributed by atoms with van der Waals surface area (Å²) in [7, 11) is 0. The smallest absolute Gasteiger partial charge is 0.141 e. The van der Waals surface area contributed by atoms with Gasteiger partial charge in [-0.3, -0.25) is 4.79 Å². The zero-order valence-electron chi connectivity index (χ0n) is 10.6. The molecule has 0 bridgehead atoms.